The lowest BCUT2D eigenvalue weighted by molar-refractivity contribution is -0.140. The van der Waals surface area contributed by atoms with E-state index in [9.17, 15) is 33.6 Å². The van der Waals surface area contributed by atoms with Gasteiger partial charge >= 0.3 is 12.1 Å². The molecule has 0 fully saturated rings. The molecule has 4 aliphatic heterocycles. The number of nitrogens with one attached hydrogen (secondary N) is 3. The third kappa shape index (κ3) is 12.9. The fourth-order valence-electron chi connectivity index (χ4n) is 11.0. The number of carbonyl (C=O) groups excluding carboxylic acids is 7. The van der Waals surface area contributed by atoms with Crippen molar-refractivity contribution < 1.29 is 62.0 Å². The predicted octanol–water partition coefficient (Wildman–Crippen LogP) is 9.19. The van der Waals surface area contributed by atoms with Gasteiger partial charge in [0.1, 0.15) is 31.9 Å². The molecule has 4 atom stereocenters. The first-order valence-corrected chi connectivity index (χ1v) is 28.3. The Labute approximate surface area is 492 Å². The summed E-state index contributed by atoms with van der Waals surface area (Å²) in [6.45, 7) is 5.29. The molecule has 6 aromatic rings. The van der Waals surface area contributed by atoms with Crippen LogP contribution in [0.25, 0.3) is 0 Å². The van der Waals surface area contributed by atoms with Crippen LogP contribution in [0.2, 0.25) is 0 Å². The normalized spacial score (nSPS) is 16.0. The van der Waals surface area contributed by atoms with Crippen molar-refractivity contribution in [1.29, 1.82) is 0 Å². The molecule has 0 bridgehead atoms. The first-order chi connectivity index (χ1) is 41.1. The van der Waals surface area contributed by atoms with Crippen molar-refractivity contribution in [1.82, 2.24) is 10.6 Å². The summed E-state index contributed by atoms with van der Waals surface area (Å²) >= 11 is 0. The molecule has 440 valence electrons. The second-order valence-electron chi connectivity index (χ2n) is 21.6. The summed E-state index contributed by atoms with van der Waals surface area (Å²) in [5.74, 6) is -1.09. The highest BCUT2D eigenvalue weighted by Crippen LogP contribution is 2.44. The molecule has 6 aromatic carbocycles. The number of esters is 1. The molecule has 20 heteroatoms. The fourth-order valence-corrected chi connectivity index (χ4v) is 11.0. The first-order valence-electron chi connectivity index (χ1n) is 28.3. The van der Waals surface area contributed by atoms with E-state index in [0.717, 1.165) is 33.6 Å². The SMILES string of the molecule is COC(=O)CCCCC(=O)N[C@@H](C(=O)N[C@H](C)C(=O)Nc1ccc(COC(=O)N2C[C@@H]3Cc4ccccc4N3C(=O)c3cc(OC)c(OCc4cccc(COc5cc6c(cc5OC)C(=O)N5c7ccccc7CC5C=N6)c4)cc32)cc1)C(C)C. The van der Waals surface area contributed by atoms with E-state index in [2.05, 4.69) is 20.7 Å². The molecule has 10 rings (SSSR count). The number of hydrogen-bond donors (Lipinski definition) is 3. The van der Waals surface area contributed by atoms with E-state index in [1.807, 2.05) is 79.0 Å². The third-order valence-corrected chi connectivity index (χ3v) is 15.5. The van der Waals surface area contributed by atoms with Crippen molar-refractivity contribution in [3.8, 4) is 23.0 Å². The Morgan fingerprint density at radius 1 is 0.612 bits per heavy atom. The number of ether oxygens (including phenoxy) is 6. The number of benzene rings is 6. The van der Waals surface area contributed by atoms with Crippen LogP contribution in [0.5, 0.6) is 23.0 Å². The maximum Gasteiger partial charge on any atom is 0.414 e. The molecule has 0 saturated carbocycles. The fraction of sp³-hybridized carbons (Fsp3) is 0.323. The Kier molecular flexibility index (Phi) is 17.8. The minimum absolute atomic E-state index is 0.0777. The zero-order valence-corrected chi connectivity index (χ0v) is 48.2. The van der Waals surface area contributed by atoms with Crippen LogP contribution in [0.1, 0.15) is 95.0 Å². The molecular weight excluding hydrogens is 1090 g/mol. The Hall–Kier alpha value is -9.72. The maximum absolute atomic E-state index is 14.7. The van der Waals surface area contributed by atoms with Gasteiger partial charge < -0.3 is 49.3 Å². The molecule has 0 saturated heterocycles. The minimum atomic E-state index is -0.964. The number of anilines is 4. The van der Waals surface area contributed by atoms with Crippen LogP contribution in [0.15, 0.2) is 126 Å². The quantitative estimate of drug-likeness (QED) is 0.0451. The van der Waals surface area contributed by atoms with E-state index in [1.165, 1.54) is 33.2 Å². The van der Waals surface area contributed by atoms with Gasteiger partial charge in [-0.15, -0.1) is 0 Å². The second kappa shape index (κ2) is 25.8. The van der Waals surface area contributed by atoms with Crippen molar-refractivity contribution in [3.63, 3.8) is 0 Å². The number of unbranched alkanes of at least 4 members (excludes halogenated alkanes) is 1. The van der Waals surface area contributed by atoms with Crippen molar-refractivity contribution >= 4 is 76.2 Å². The number of fused-ring (bicyclic) bond motifs is 8. The van der Waals surface area contributed by atoms with Gasteiger partial charge in [-0.1, -0.05) is 80.6 Å². The first kappa shape index (κ1) is 58.5. The van der Waals surface area contributed by atoms with E-state index >= 15 is 0 Å². The van der Waals surface area contributed by atoms with Crippen LogP contribution in [-0.4, -0.2) is 99.9 Å². The summed E-state index contributed by atoms with van der Waals surface area (Å²) in [6, 6.07) is 34.0. The van der Waals surface area contributed by atoms with Crippen LogP contribution in [0.3, 0.4) is 0 Å². The Bertz CT molecular complexity index is 3590. The highest BCUT2D eigenvalue weighted by Gasteiger charge is 2.43. The molecule has 0 aromatic heterocycles. The summed E-state index contributed by atoms with van der Waals surface area (Å²) in [7, 11) is 4.32. The second-order valence-corrected chi connectivity index (χ2v) is 21.6. The molecule has 0 radical (unpaired) electrons. The minimum Gasteiger partial charge on any atom is -0.493 e. The molecular formula is C65H67N7O13. The lowest BCUT2D eigenvalue weighted by atomic mass is 10.0. The highest BCUT2D eigenvalue weighted by atomic mass is 16.6. The Balaban J connectivity index is 0.792. The number of aliphatic imine (C=N–C) groups is 1. The van der Waals surface area contributed by atoms with Gasteiger partial charge in [0.25, 0.3) is 11.8 Å². The molecule has 1 unspecified atom stereocenters. The van der Waals surface area contributed by atoms with Crippen molar-refractivity contribution in [2.45, 2.75) is 103 Å². The average molecular weight is 1150 g/mol. The van der Waals surface area contributed by atoms with Crippen LogP contribution in [0.4, 0.5) is 33.2 Å². The molecule has 6 amide bonds. The summed E-state index contributed by atoms with van der Waals surface area (Å²) in [5, 5.41) is 8.23. The standard InChI is InChI=1S/C65H67N7O13/c1-38(2)60(69-58(73)20-11-12-21-59(74)82-6)62(76)67-39(3)61(75)68-45-24-22-40(23-25-45)35-85-65(79)70-34-47-28-44-17-8-10-19-52(44)72(47)64(78)49-30-55(81-5)57(32-53(49)70)84-37-42-15-13-14-41(26-42)36-83-56-31-50-48(29-54(56)80-4)63(77)71-46(33-66-50)27-43-16-7-9-18-51(43)71/h7-10,13-19,22-26,29-33,38-39,46-47,60H,11-12,20-21,27-28,34-37H2,1-6H3,(H,67,76)(H,68,75)(H,69,73)/t39-,46?,47+,60-/m1/s1. The summed E-state index contributed by atoms with van der Waals surface area (Å²) in [4.78, 5) is 103. The number of carbonyl (C=O) groups is 7. The van der Waals surface area contributed by atoms with E-state index in [-0.39, 0.29) is 97.6 Å². The molecule has 4 heterocycles. The molecule has 3 N–H and O–H groups in total. The van der Waals surface area contributed by atoms with Gasteiger partial charge in [0, 0.05) is 54.7 Å². The Morgan fingerprint density at radius 2 is 1.24 bits per heavy atom. The average Bonchev–Trinajstić information content (AvgIpc) is 1.98. The third-order valence-electron chi connectivity index (χ3n) is 15.5. The zero-order chi connectivity index (χ0) is 59.9. The number of amides is 6. The molecule has 4 aliphatic rings. The zero-order valence-electron chi connectivity index (χ0n) is 48.2. The van der Waals surface area contributed by atoms with E-state index < -0.39 is 36.0 Å². The number of methoxy groups -OCH3 is 3. The molecule has 20 nitrogen and oxygen atoms in total. The lowest BCUT2D eigenvalue weighted by Crippen LogP contribution is -2.53. The van der Waals surface area contributed by atoms with Gasteiger partial charge in [-0.3, -0.25) is 43.6 Å². The topological polar surface area (TPSA) is 233 Å². The number of para-hydroxylation sites is 2. The smallest absolute Gasteiger partial charge is 0.414 e. The van der Waals surface area contributed by atoms with E-state index in [4.69, 9.17) is 28.7 Å². The number of rotatable bonds is 21. The summed E-state index contributed by atoms with van der Waals surface area (Å²) in [6.07, 6.45) is 3.52. The van der Waals surface area contributed by atoms with Gasteiger partial charge in [-0.05, 0) is 102 Å². The Morgan fingerprint density at radius 3 is 1.91 bits per heavy atom. The van der Waals surface area contributed by atoms with Crippen LogP contribution < -0.4 is 49.6 Å². The van der Waals surface area contributed by atoms with Gasteiger partial charge in [-0.2, -0.15) is 0 Å². The molecule has 0 aliphatic carbocycles. The van der Waals surface area contributed by atoms with Crippen LogP contribution in [0, 0.1) is 5.92 Å². The van der Waals surface area contributed by atoms with Crippen molar-refractivity contribution in [2.75, 3.05) is 47.9 Å². The van der Waals surface area contributed by atoms with E-state index in [1.54, 1.807) is 72.2 Å². The largest absolute Gasteiger partial charge is 0.493 e. The summed E-state index contributed by atoms with van der Waals surface area (Å²) < 4.78 is 35.0. The van der Waals surface area contributed by atoms with Gasteiger partial charge in [0.05, 0.1) is 62.5 Å². The predicted molar refractivity (Wildman–Crippen MR) is 318 cm³/mol. The number of hydrogen-bond acceptors (Lipinski definition) is 14. The summed E-state index contributed by atoms with van der Waals surface area (Å²) in [5.41, 5.74) is 7.73. The maximum atomic E-state index is 14.7. The molecule has 0 spiro atoms. The lowest BCUT2D eigenvalue weighted by Gasteiger charge is -2.26. The molecule has 85 heavy (non-hydrogen) atoms. The highest BCUT2D eigenvalue weighted by molar-refractivity contribution is 6.16. The van der Waals surface area contributed by atoms with Crippen LogP contribution >= 0.6 is 0 Å². The van der Waals surface area contributed by atoms with Gasteiger partial charge in [0.2, 0.25) is 17.7 Å². The van der Waals surface area contributed by atoms with Crippen molar-refractivity contribution in [3.05, 3.63) is 160 Å². The monoisotopic (exact) mass is 1150 g/mol. The number of nitrogens with zero attached hydrogens (tertiary/aromatic N) is 4. The van der Waals surface area contributed by atoms with Gasteiger partial charge in [-0.25, -0.2) is 4.79 Å². The van der Waals surface area contributed by atoms with Crippen LogP contribution in [-0.2, 0) is 61.3 Å². The van der Waals surface area contributed by atoms with Crippen molar-refractivity contribution in [2.24, 2.45) is 10.9 Å². The van der Waals surface area contributed by atoms with Gasteiger partial charge in [0.15, 0.2) is 23.0 Å². The van der Waals surface area contributed by atoms with E-state index in [0.29, 0.717) is 59.7 Å².